The SMILES string of the molecule is CCNCc1coc(-c2ccc(Cl)c(Cl)c2)n1. The molecular weight excluding hydrogens is 259 g/mol. The zero-order valence-electron chi connectivity index (χ0n) is 9.34. The lowest BCUT2D eigenvalue weighted by atomic mass is 10.2. The Morgan fingerprint density at radius 2 is 2.12 bits per heavy atom. The zero-order valence-corrected chi connectivity index (χ0v) is 10.8. The monoisotopic (exact) mass is 270 g/mol. The molecule has 0 aliphatic heterocycles. The number of halogens is 2. The van der Waals surface area contributed by atoms with Crippen molar-refractivity contribution in [1.29, 1.82) is 0 Å². The molecule has 2 rings (SSSR count). The van der Waals surface area contributed by atoms with Gasteiger partial charge >= 0.3 is 0 Å². The molecule has 0 fully saturated rings. The van der Waals surface area contributed by atoms with Crippen LogP contribution in [0.5, 0.6) is 0 Å². The summed E-state index contributed by atoms with van der Waals surface area (Å²) in [5.74, 6) is 0.552. The minimum absolute atomic E-state index is 0.496. The summed E-state index contributed by atoms with van der Waals surface area (Å²) in [7, 11) is 0. The van der Waals surface area contributed by atoms with Crippen LogP contribution >= 0.6 is 23.2 Å². The van der Waals surface area contributed by atoms with Crippen LogP contribution < -0.4 is 5.32 Å². The molecule has 1 aromatic heterocycles. The Balaban J connectivity index is 2.21. The summed E-state index contributed by atoms with van der Waals surface area (Å²) in [6.45, 7) is 3.64. The minimum Gasteiger partial charge on any atom is -0.444 e. The number of nitrogens with one attached hydrogen (secondary N) is 1. The smallest absolute Gasteiger partial charge is 0.226 e. The van der Waals surface area contributed by atoms with Gasteiger partial charge in [-0.15, -0.1) is 0 Å². The summed E-state index contributed by atoms with van der Waals surface area (Å²) in [4.78, 5) is 4.36. The topological polar surface area (TPSA) is 38.1 Å². The van der Waals surface area contributed by atoms with Crippen LogP contribution in [0.1, 0.15) is 12.6 Å². The van der Waals surface area contributed by atoms with Gasteiger partial charge in [0.2, 0.25) is 5.89 Å². The molecule has 0 aliphatic carbocycles. The highest BCUT2D eigenvalue weighted by molar-refractivity contribution is 6.42. The van der Waals surface area contributed by atoms with E-state index in [0.29, 0.717) is 22.5 Å². The quantitative estimate of drug-likeness (QED) is 0.920. The van der Waals surface area contributed by atoms with Crippen molar-refractivity contribution in [2.45, 2.75) is 13.5 Å². The van der Waals surface area contributed by atoms with Gasteiger partial charge in [-0.3, -0.25) is 0 Å². The molecule has 0 spiro atoms. The van der Waals surface area contributed by atoms with E-state index in [9.17, 15) is 0 Å². The van der Waals surface area contributed by atoms with Crippen molar-refractivity contribution in [2.75, 3.05) is 6.54 Å². The van der Waals surface area contributed by atoms with Gasteiger partial charge in [-0.2, -0.15) is 0 Å². The number of nitrogens with zero attached hydrogens (tertiary/aromatic N) is 1. The molecule has 3 nitrogen and oxygen atoms in total. The molecule has 0 saturated heterocycles. The fraction of sp³-hybridized carbons (Fsp3) is 0.250. The van der Waals surface area contributed by atoms with E-state index in [0.717, 1.165) is 17.8 Å². The molecule has 0 saturated carbocycles. The third-order valence-corrected chi connectivity index (χ3v) is 3.01. The van der Waals surface area contributed by atoms with Crippen molar-refractivity contribution in [3.63, 3.8) is 0 Å². The van der Waals surface area contributed by atoms with Gasteiger partial charge in [-0.25, -0.2) is 4.98 Å². The standard InChI is InChI=1S/C12H12Cl2N2O/c1-2-15-6-9-7-17-12(16-9)8-3-4-10(13)11(14)5-8/h3-5,7,15H,2,6H2,1H3. The van der Waals surface area contributed by atoms with E-state index in [2.05, 4.69) is 10.3 Å². The summed E-state index contributed by atoms with van der Waals surface area (Å²) in [5, 5.41) is 4.20. The molecular formula is C12H12Cl2N2O. The van der Waals surface area contributed by atoms with Crippen molar-refractivity contribution in [3.8, 4) is 11.5 Å². The van der Waals surface area contributed by atoms with Gasteiger partial charge in [0.25, 0.3) is 0 Å². The van der Waals surface area contributed by atoms with E-state index in [-0.39, 0.29) is 0 Å². The Hall–Kier alpha value is -1.03. The molecule has 0 unspecified atom stereocenters. The van der Waals surface area contributed by atoms with Gasteiger partial charge in [0.1, 0.15) is 6.26 Å². The normalized spacial score (nSPS) is 10.8. The second-order valence-corrected chi connectivity index (χ2v) is 4.37. The molecule has 17 heavy (non-hydrogen) atoms. The maximum absolute atomic E-state index is 5.94. The second kappa shape index (κ2) is 5.54. The van der Waals surface area contributed by atoms with E-state index in [4.69, 9.17) is 27.6 Å². The Kier molecular flexibility index (Phi) is 4.05. The lowest BCUT2D eigenvalue weighted by molar-refractivity contribution is 0.570. The summed E-state index contributed by atoms with van der Waals surface area (Å²) in [6, 6.07) is 5.30. The summed E-state index contributed by atoms with van der Waals surface area (Å²) in [6.07, 6.45) is 1.64. The number of benzene rings is 1. The average molecular weight is 271 g/mol. The van der Waals surface area contributed by atoms with Gasteiger partial charge in [0.05, 0.1) is 15.7 Å². The number of oxazole rings is 1. The lowest BCUT2D eigenvalue weighted by Crippen LogP contribution is -2.11. The zero-order chi connectivity index (χ0) is 12.3. The Morgan fingerprint density at radius 1 is 1.29 bits per heavy atom. The third-order valence-electron chi connectivity index (χ3n) is 2.27. The van der Waals surface area contributed by atoms with E-state index < -0.39 is 0 Å². The third kappa shape index (κ3) is 3.00. The van der Waals surface area contributed by atoms with E-state index in [1.807, 2.05) is 13.0 Å². The molecule has 0 amide bonds. The average Bonchev–Trinajstić information content (AvgIpc) is 2.79. The number of aromatic nitrogens is 1. The largest absolute Gasteiger partial charge is 0.444 e. The highest BCUT2D eigenvalue weighted by Crippen LogP contribution is 2.27. The molecule has 2 aromatic rings. The molecule has 0 bridgehead atoms. The number of hydrogen-bond donors (Lipinski definition) is 1. The van der Waals surface area contributed by atoms with Crippen molar-refractivity contribution in [2.24, 2.45) is 0 Å². The van der Waals surface area contributed by atoms with Crippen LogP contribution in [0.15, 0.2) is 28.9 Å². The van der Waals surface area contributed by atoms with Gasteiger partial charge in [-0.1, -0.05) is 30.1 Å². The first kappa shape index (κ1) is 12.4. The predicted molar refractivity (Wildman–Crippen MR) is 69.3 cm³/mol. The Bertz CT molecular complexity index is 511. The Labute approximate surface area is 110 Å². The van der Waals surface area contributed by atoms with Crippen molar-refractivity contribution in [1.82, 2.24) is 10.3 Å². The van der Waals surface area contributed by atoms with Crippen LogP contribution in [0.4, 0.5) is 0 Å². The van der Waals surface area contributed by atoms with Gasteiger partial charge in [0.15, 0.2) is 0 Å². The van der Waals surface area contributed by atoms with Crippen molar-refractivity contribution >= 4 is 23.2 Å². The fourth-order valence-corrected chi connectivity index (χ4v) is 1.70. The van der Waals surface area contributed by atoms with Crippen LogP contribution in [0.3, 0.4) is 0 Å². The lowest BCUT2D eigenvalue weighted by Gasteiger charge is -1.98. The first-order valence-electron chi connectivity index (χ1n) is 5.31. The minimum atomic E-state index is 0.496. The molecule has 0 aliphatic rings. The van der Waals surface area contributed by atoms with Gasteiger partial charge < -0.3 is 9.73 Å². The van der Waals surface area contributed by atoms with Crippen molar-refractivity contribution in [3.05, 3.63) is 40.2 Å². The van der Waals surface area contributed by atoms with Crippen LogP contribution in [-0.4, -0.2) is 11.5 Å². The first-order valence-corrected chi connectivity index (χ1v) is 6.07. The molecule has 0 atom stereocenters. The predicted octanol–water partition coefficient (Wildman–Crippen LogP) is 3.76. The van der Waals surface area contributed by atoms with E-state index in [1.54, 1.807) is 18.4 Å². The highest BCUT2D eigenvalue weighted by atomic mass is 35.5. The molecule has 90 valence electrons. The molecule has 1 N–H and O–H groups in total. The molecule has 1 heterocycles. The second-order valence-electron chi connectivity index (χ2n) is 3.55. The van der Waals surface area contributed by atoms with E-state index in [1.165, 1.54) is 0 Å². The number of hydrogen-bond acceptors (Lipinski definition) is 3. The van der Waals surface area contributed by atoms with Gasteiger partial charge in [0, 0.05) is 12.1 Å². The summed E-state index contributed by atoms with van der Waals surface area (Å²) >= 11 is 11.8. The van der Waals surface area contributed by atoms with Crippen molar-refractivity contribution < 1.29 is 4.42 Å². The maximum atomic E-state index is 5.94. The maximum Gasteiger partial charge on any atom is 0.226 e. The summed E-state index contributed by atoms with van der Waals surface area (Å²) in [5.41, 5.74) is 1.69. The molecule has 5 heteroatoms. The van der Waals surface area contributed by atoms with Crippen LogP contribution in [0.2, 0.25) is 10.0 Å². The highest BCUT2D eigenvalue weighted by Gasteiger charge is 2.08. The van der Waals surface area contributed by atoms with Crippen LogP contribution in [0.25, 0.3) is 11.5 Å². The fourth-order valence-electron chi connectivity index (χ4n) is 1.40. The van der Waals surface area contributed by atoms with Gasteiger partial charge in [-0.05, 0) is 24.7 Å². The van der Waals surface area contributed by atoms with Crippen LogP contribution in [-0.2, 0) is 6.54 Å². The molecule has 1 aromatic carbocycles. The number of rotatable bonds is 4. The van der Waals surface area contributed by atoms with Crippen LogP contribution in [0, 0.1) is 0 Å². The summed E-state index contributed by atoms with van der Waals surface area (Å²) < 4.78 is 5.39. The molecule has 0 radical (unpaired) electrons. The first-order chi connectivity index (χ1) is 8.20. The Morgan fingerprint density at radius 3 is 2.82 bits per heavy atom. The van der Waals surface area contributed by atoms with E-state index >= 15 is 0 Å².